The van der Waals surface area contributed by atoms with Crippen molar-refractivity contribution in [3.63, 3.8) is 0 Å². The van der Waals surface area contributed by atoms with E-state index in [0.717, 1.165) is 35.1 Å². The summed E-state index contributed by atoms with van der Waals surface area (Å²) in [6.07, 6.45) is 6.75. The van der Waals surface area contributed by atoms with Crippen molar-refractivity contribution >= 4 is 22.7 Å². The Bertz CT molecular complexity index is 1260. The van der Waals surface area contributed by atoms with E-state index in [0.29, 0.717) is 18.7 Å². The number of benzene rings is 2. The van der Waals surface area contributed by atoms with Gasteiger partial charge in [0.25, 0.3) is 5.91 Å². The Labute approximate surface area is 197 Å². The van der Waals surface area contributed by atoms with Crippen molar-refractivity contribution in [2.24, 2.45) is 0 Å². The van der Waals surface area contributed by atoms with Crippen LogP contribution < -0.4 is 10.1 Å². The van der Waals surface area contributed by atoms with Crippen LogP contribution in [0.15, 0.2) is 85.3 Å². The molecule has 1 aliphatic heterocycles. The molecule has 5 rings (SSSR count). The molecule has 1 fully saturated rings. The summed E-state index contributed by atoms with van der Waals surface area (Å²) in [5.41, 5.74) is 2.15. The second-order valence-electron chi connectivity index (χ2n) is 8.42. The first-order chi connectivity index (χ1) is 16.7. The summed E-state index contributed by atoms with van der Waals surface area (Å²) in [6, 6.07) is 19.7. The lowest BCUT2D eigenvalue weighted by atomic mass is 10.0. The number of aromatic nitrogens is 2. The molecule has 0 spiro atoms. The van der Waals surface area contributed by atoms with Crippen LogP contribution in [0.1, 0.15) is 34.8 Å². The Morgan fingerprint density at radius 1 is 1.00 bits per heavy atom. The van der Waals surface area contributed by atoms with Gasteiger partial charge in [-0.3, -0.25) is 14.6 Å². The molecule has 1 aliphatic rings. The van der Waals surface area contributed by atoms with Gasteiger partial charge >= 0.3 is 0 Å². The van der Waals surface area contributed by atoms with Crippen molar-refractivity contribution in [2.75, 3.05) is 13.1 Å². The maximum Gasteiger partial charge on any atom is 0.252 e. The number of carbonyl (C=O) groups excluding carboxylic acids is 2. The fraction of sp³-hybridized carbons (Fsp3) is 0.222. The molecule has 2 amide bonds. The standard InChI is InChI=1S/C27H26N4O3/c32-26(21-7-6-19-8-15-29-24(19)18-21)30-25(20-4-2-1-3-5-20)27(33)31-16-11-23(12-17-31)34-22-9-13-28-14-10-22/h1-10,13-15,18,23,25,29H,11-12,16-17H2,(H,30,32)/t25-/m1/s1. The maximum atomic E-state index is 13.6. The molecule has 2 N–H and O–H groups in total. The number of hydrogen-bond acceptors (Lipinski definition) is 4. The zero-order chi connectivity index (χ0) is 23.3. The molecule has 0 radical (unpaired) electrons. The number of likely N-dealkylation sites (tertiary alicyclic amines) is 1. The van der Waals surface area contributed by atoms with Gasteiger partial charge in [0, 0.05) is 55.6 Å². The van der Waals surface area contributed by atoms with E-state index >= 15 is 0 Å². The summed E-state index contributed by atoms with van der Waals surface area (Å²) in [5.74, 6) is 0.394. The molecule has 0 unspecified atom stereocenters. The fourth-order valence-corrected chi connectivity index (χ4v) is 4.32. The van der Waals surface area contributed by atoms with Crippen LogP contribution in [-0.2, 0) is 4.79 Å². The largest absolute Gasteiger partial charge is 0.490 e. The zero-order valence-corrected chi connectivity index (χ0v) is 18.7. The highest BCUT2D eigenvalue weighted by Gasteiger charge is 2.31. The first-order valence-electron chi connectivity index (χ1n) is 11.5. The number of pyridine rings is 1. The second kappa shape index (κ2) is 9.79. The molecule has 7 heteroatoms. The number of carbonyl (C=O) groups is 2. The minimum Gasteiger partial charge on any atom is -0.490 e. The predicted molar refractivity (Wildman–Crippen MR) is 129 cm³/mol. The number of aromatic amines is 1. The molecule has 4 aromatic rings. The van der Waals surface area contributed by atoms with E-state index in [-0.39, 0.29) is 17.9 Å². The summed E-state index contributed by atoms with van der Waals surface area (Å²) < 4.78 is 6.03. The minimum atomic E-state index is -0.759. The second-order valence-corrected chi connectivity index (χ2v) is 8.42. The van der Waals surface area contributed by atoms with Gasteiger partial charge in [-0.1, -0.05) is 36.4 Å². The molecule has 2 aromatic heterocycles. The van der Waals surface area contributed by atoms with Crippen molar-refractivity contribution in [1.82, 2.24) is 20.2 Å². The lowest BCUT2D eigenvalue weighted by Crippen LogP contribution is -2.47. The van der Waals surface area contributed by atoms with E-state index in [2.05, 4.69) is 15.3 Å². The van der Waals surface area contributed by atoms with Crippen LogP contribution in [0.25, 0.3) is 10.9 Å². The van der Waals surface area contributed by atoms with E-state index in [1.54, 1.807) is 24.5 Å². The number of ether oxygens (including phenoxy) is 1. The summed E-state index contributed by atoms with van der Waals surface area (Å²) in [6.45, 7) is 1.14. The Morgan fingerprint density at radius 2 is 1.76 bits per heavy atom. The van der Waals surface area contributed by atoms with Gasteiger partial charge in [0.2, 0.25) is 5.91 Å². The number of piperidine rings is 1. The number of rotatable bonds is 6. The van der Waals surface area contributed by atoms with Crippen LogP contribution >= 0.6 is 0 Å². The summed E-state index contributed by atoms with van der Waals surface area (Å²) in [5, 5.41) is 4.00. The molecule has 2 aromatic carbocycles. The van der Waals surface area contributed by atoms with Crippen LogP contribution in [0.2, 0.25) is 0 Å². The van der Waals surface area contributed by atoms with Crippen LogP contribution in [0.5, 0.6) is 5.75 Å². The predicted octanol–water partition coefficient (Wildman–Crippen LogP) is 4.10. The van der Waals surface area contributed by atoms with Crippen molar-refractivity contribution in [3.8, 4) is 5.75 Å². The normalized spacial score (nSPS) is 15.1. The average Bonchev–Trinajstić information content (AvgIpc) is 3.36. The van der Waals surface area contributed by atoms with Crippen molar-refractivity contribution in [1.29, 1.82) is 0 Å². The van der Waals surface area contributed by atoms with Gasteiger partial charge in [0.05, 0.1) is 0 Å². The molecule has 3 heterocycles. The van der Waals surface area contributed by atoms with Gasteiger partial charge < -0.3 is 19.9 Å². The van der Waals surface area contributed by atoms with Crippen molar-refractivity contribution in [2.45, 2.75) is 25.0 Å². The minimum absolute atomic E-state index is 0.0451. The number of fused-ring (bicyclic) bond motifs is 1. The van der Waals surface area contributed by atoms with E-state index in [1.807, 2.05) is 65.7 Å². The number of H-pyrrole nitrogens is 1. The molecule has 0 aliphatic carbocycles. The van der Waals surface area contributed by atoms with Gasteiger partial charge in [-0.15, -0.1) is 0 Å². The highest BCUT2D eigenvalue weighted by molar-refractivity contribution is 6.00. The zero-order valence-electron chi connectivity index (χ0n) is 18.7. The molecule has 7 nitrogen and oxygen atoms in total. The van der Waals surface area contributed by atoms with E-state index < -0.39 is 6.04 Å². The van der Waals surface area contributed by atoms with Gasteiger partial charge in [0.1, 0.15) is 17.9 Å². The number of nitrogens with one attached hydrogen (secondary N) is 2. The molecule has 0 bridgehead atoms. The van der Waals surface area contributed by atoms with E-state index in [1.165, 1.54) is 0 Å². The SMILES string of the molecule is O=C(N[C@@H](C(=O)N1CCC(Oc2ccncc2)CC1)c1ccccc1)c1ccc2cc[nH]c2c1. The van der Waals surface area contributed by atoms with E-state index in [9.17, 15) is 9.59 Å². The van der Waals surface area contributed by atoms with Crippen LogP contribution in [-0.4, -0.2) is 45.9 Å². The Balaban J connectivity index is 1.29. The Hall–Kier alpha value is -4.13. The van der Waals surface area contributed by atoms with Crippen LogP contribution in [0.4, 0.5) is 0 Å². The molecule has 1 saturated heterocycles. The summed E-state index contributed by atoms with van der Waals surface area (Å²) in [7, 11) is 0. The average molecular weight is 455 g/mol. The smallest absolute Gasteiger partial charge is 0.252 e. The lowest BCUT2D eigenvalue weighted by molar-refractivity contribution is -0.135. The lowest BCUT2D eigenvalue weighted by Gasteiger charge is -2.34. The Kier molecular flexibility index (Phi) is 6.25. The van der Waals surface area contributed by atoms with E-state index in [4.69, 9.17) is 4.74 Å². The quantitative estimate of drug-likeness (QED) is 0.459. The van der Waals surface area contributed by atoms with Gasteiger partial charge in [-0.25, -0.2) is 0 Å². The fourth-order valence-electron chi connectivity index (χ4n) is 4.32. The molecule has 172 valence electrons. The summed E-state index contributed by atoms with van der Waals surface area (Å²) >= 11 is 0. The maximum absolute atomic E-state index is 13.6. The van der Waals surface area contributed by atoms with Crippen molar-refractivity contribution in [3.05, 3.63) is 96.4 Å². The first-order valence-corrected chi connectivity index (χ1v) is 11.5. The van der Waals surface area contributed by atoms with Gasteiger partial charge in [-0.05, 0) is 41.3 Å². The molecular formula is C27H26N4O3. The first kappa shape index (κ1) is 21.7. The monoisotopic (exact) mass is 454 g/mol. The number of amides is 2. The molecule has 0 saturated carbocycles. The Morgan fingerprint density at radius 3 is 2.53 bits per heavy atom. The molecule has 34 heavy (non-hydrogen) atoms. The van der Waals surface area contributed by atoms with Crippen molar-refractivity contribution < 1.29 is 14.3 Å². The highest BCUT2D eigenvalue weighted by Crippen LogP contribution is 2.23. The van der Waals surface area contributed by atoms with Gasteiger partial charge in [0.15, 0.2) is 0 Å². The third-order valence-electron chi connectivity index (χ3n) is 6.18. The third kappa shape index (κ3) is 4.78. The van der Waals surface area contributed by atoms with Crippen LogP contribution in [0.3, 0.4) is 0 Å². The number of nitrogens with zero attached hydrogens (tertiary/aromatic N) is 2. The third-order valence-corrected chi connectivity index (χ3v) is 6.18. The molecular weight excluding hydrogens is 428 g/mol. The number of hydrogen-bond donors (Lipinski definition) is 2. The molecule has 1 atom stereocenters. The van der Waals surface area contributed by atoms with Crippen LogP contribution in [0, 0.1) is 0 Å². The van der Waals surface area contributed by atoms with Gasteiger partial charge in [-0.2, -0.15) is 0 Å². The topological polar surface area (TPSA) is 87.3 Å². The highest BCUT2D eigenvalue weighted by atomic mass is 16.5. The summed E-state index contributed by atoms with van der Waals surface area (Å²) in [4.78, 5) is 35.6.